The van der Waals surface area contributed by atoms with Crippen LogP contribution in [-0.4, -0.2) is 42.0 Å². The van der Waals surface area contributed by atoms with E-state index in [1.54, 1.807) is 0 Å². The van der Waals surface area contributed by atoms with Crippen LogP contribution in [0.15, 0.2) is 91.0 Å². The molecule has 2 N–H and O–H groups in total. The summed E-state index contributed by atoms with van der Waals surface area (Å²) in [7, 11) is 0. The van der Waals surface area contributed by atoms with E-state index < -0.39 is 29.9 Å². The van der Waals surface area contributed by atoms with E-state index in [2.05, 4.69) is 17.6 Å². The Morgan fingerprint density at radius 1 is 0.536 bits per heavy atom. The summed E-state index contributed by atoms with van der Waals surface area (Å²) in [5, 5.41) is 5.75. The third-order valence-corrected chi connectivity index (χ3v) is 9.43. The fourth-order valence-corrected chi connectivity index (χ4v) is 6.22. The first-order valence-corrected chi connectivity index (χ1v) is 20.4. The lowest BCUT2D eigenvalue weighted by Gasteiger charge is -2.23. The molecule has 0 saturated heterocycles. The summed E-state index contributed by atoms with van der Waals surface area (Å²) < 4.78 is 11.0. The molecule has 3 aromatic rings. The minimum absolute atomic E-state index is 0.00863. The van der Waals surface area contributed by atoms with Crippen LogP contribution in [0.1, 0.15) is 133 Å². The van der Waals surface area contributed by atoms with Crippen LogP contribution in [0.5, 0.6) is 0 Å². The average molecular weight is 771 g/mol. The smallest absolute Gasteiger partial charge is 0.373 e. The van der Waals surface area contributed by atoms with Crippen LogP contribution in [-0.2, 0) is 57.9 Å². The number of hydrogen-bond acceptors (Lipinski definition) is 8. The fraction of sp³-hybridized carbons (Fsp3) is 0.500. The van der Waals surface area contributed by atoms with Gasteiger partial charge in [-0.05, 0) is 42.4 Å². The number of benzene rings is 3. The van der Waals surface area contributed by atoms with Crippen molar-refractivity contribution in [1.29, 1.82) is 0 Å². The zero-order chi connectivity index (χ0) is 40.5. The number of carbonyl (C=O) groups excluding carboxylic acids is 6. The number of ether oxygens (including phenoxy) is 2. The Labute approximate surface area is 333 Å². The summed E-state index contributed by atoms with van der Waals surface area (Å²) in [4.78, 5) is 69.2. The van der Waals surface area contributed by atoms with Gasteiger partial charge in [-0.1, -0.05) is 175 Å². The molecule has 2 unspecified atom stereocenters. The second-order valence-electron chi connectivity index (χ2n) is 14.1. The zero-order valence-corrected chi connectivity index (χ0v) is 33.2. The van der Waals surface area contributed by atoms with E-state index in [4.69, 9.17) is 19.1 Å². The van der Waals surface area contributed by atoms with E-state index in [1.165, 1.54) is 64.2 Å². The predicted octanol–water partition coefficient (Wildman–Crippen LogP) is 8.75. The lowest BCUT2D eigenvalue weighted by Crippen LogP contribution is -2.52. The highest BCUT2D eigenvalue weighted by atomic mass is 16.5. The summed E-state index contributed by atoms with van der Waals surface area (Å²) >= 11 is 0. The molecule has 0 aliphatic carbocycles. The third kappa shape index (κ3) is 23.0. The van der Waals surface area contributed by atoms with Gasteiger partial charge >= 0.3 is 18.1 Å². The largest absolute Gasteiger partial charge is 0.461 e. The van der Waals surface area contributed by atoms with Crippen LogP contribution in [0.2, 0.25) is 0 Å². The molecule has 2 atom stereocenters. The van der Waals surface area contributed by atoms with Gasteiger partial charge in [0.05, 0.1) is 0 Å². The number of unbranched alkanes of at least 4 members (excludes halogenated alkanes) is 12. The van der Waals surface area contributed by atoms with Crippen LogP contribution in [0.3, 0.4) is 0 Å². The van der Waals surface area contributed by atoms with Gasteiger partial charge in [-0.2, -0.15) is 9.59 Å². The van der Waals surface area contributed by atoms with Crippen molar-refractivity contribution in [3.63, 3.8) is 0 Å². The van der Waals surface area contributed by atoms with Crippen molar-refractivity contribution in [2.75, 3.05) is 0 Å². The lowest BCUT2D eigenvalue weighted by molar-refractivity contribution is -0.191. The molecule has 3 aromatic carbocycles. The zero-order valence-electron chi connectivity index (χ0n) is 33.2. The Morgan fingerprint density at radius 3 is 1.48 bits per heavy atom. The Hall–Kier alpha value is -5.08. The van der Waals surface area contributed by atoms with Gasteiger partial charge in [0.15, 0.2) is 0 Å². The van der Waals surface area contributed by atoms with Gasteiger partial charge in [-0.15, -0.1) is 0 Å². The summed E-state index contributed by atoms with van der Waals surface area (Å²) in [6.07, 6.45) is 17.3. The van der Waals surface area contributed by atoms with Crippen LogP contribution in [0, 0.1) is 0 Å². The van der Waals surface area contributed by atoms with Gasteiger partial charge in [0.1, 0.15) is 25.3 Å². The summed E-state index contributed by atoms with van der Waals surface area (Å²) in [5.74, 6) is -1.82. The molecule has 0 heterocycles. The molecule has 10 nitrogen and oxygen atoms in total. The fourth-order valence-electron chi connectivity index (χ4n) is 6.22. The second kappa shape index (κ2) is 31.2. The van der Waals surface area contributed by atoms with Crippen LogP contribution >= 0.6 is 0 Å². The second-order valence-corrected chi connectivity index (χ2v) is 14.1. The van der Waals surface area contributed by atoms with E-state index in [0.29, 0.717) is 19.3 Å². The molecule has 0 saturated carbocycles. The molecular formula is C46H62N2O8. The molecule has 0 fully saturated rings. The Morgan fingerprint density at radius 2 is 0.982 bits per heavy atom. The van der Waals surface area contributed by atoms with Crippen molar-refractivity contribution in [2.45, 2.75) is 148 Å². The van der Waals surface area contributed by atoms with Gasteiger partial charge < -0.3 is 20.1 Å². The number of hydrogen-bond donors (Lipinski definition) is 2. The minimum Gasteiger partial charge on any atom is -0.461 e. The van der Waals surface area contributed by atoms with Crippen molar-refractivity contribution in [3.8, 4) is 0 Å². The van der Waals surface area contributed by atoms with Gasteiger partial charge in [-0.25, -0.2) is 4.79 Å². The summed E-state index contributed by atoms with van der Waals surface area (Å²) in [5.41, 5.74) is 2.69. The quantitative estimate of drug-likeness (QED) is 0.0551. The highest BCUT2D eigenvalue weighted by Gasteiger charge is 2.28. The van der Waals surface area contributed by atoms with E-state index in [-0.39, 0.29) is 38.1 Å². The van der Waals surface area contributed by atoms with Crippen molar-refractivity contribution in [1.82, 2.24) is 10.6 Å². The molecule has 0 aliphatic rings. The summed E-state index contributed by atoms with van der Waals surface area (Å²) in [6, 6.07) is 26.4. The maximum absolute atomic E-state index is 13.8. The number of amides is 2. The maximum Gasteiger partial charge on any atom is 0.373 e. The molecule has 3 rings (SSSR count). The lowest BCUT2D eigenvalue weighted by atomic mass is 10.0. The third-order valence-electron chi connectivity index (χ3n) is 9.43. The monoisotopic (exact) mass is 770 g/mol. The van der Waals surface area contributed by atoms with Gasteiger partial charge in [0, 0.05) is 12.8 Å². The van der Waals surface area contributed by atoms with Crippen molar-refractivity contribution < 1.29 is 38.2 Å². The highest BCUT2D eigenvalue weighted by molar-refractivity contribution is 5.91. The topological polar surface area (TPSA) is 145 Å². The standard InChI is InChI=1S/C45H62N2O6.CO2/c1-2-3-4-5-6-7-8-9-10-11-12-13-23-30-42(48)46-40(32-31-37-24-17-14-18-25-37)44(50)47-41(45(51)53-36-39-28-21-16-22-29-39)33-34-43(49)52-35-38-26-19-15-20-27-38;2-1-3/h14-22,24-29,40-41H,2-13,23,30-36H2,1H3,(H,46,48)(H,47,50);. The number of aryl methyl sites for hydroxylation is 1. The van der Waals surface area contributed by atoms with Crippen molar-refractivity contribution in [2.24, 2.45) is 0 Å². The van der Waals surface area contributed by atoms with Crippen LogP contribution < -0.4 is 10.6 Å². The van der Waals surface area contributed by atoms with E-state index in [1.807, 2.05) is 91.0 Å². The molecule has 0 aliphatic heterocycles. The number of nitrogens with one attached hydrogen (secondary N) is 2. The van der Waals surface area contributed by atoms with Crippen molar-refractivity contribution in [3.05, 3.63) is 108 Å². The molecular weight excluding hydrogens is 709 g/mol. The van der Waals surface area contributed by atoms with E-state index >= 15 is 0 Å². The molecule has 56 heavy (non-hydrogen) atoms. The van der Waals surface area contributed by atoms with Gasteiger partial charge in [0.2, 0.25) is 11.8 Å². The number of carbonyl (C=O) groups is 4. The Bertz CT molecular complexity index is 1530. The molecule has 0 radical (unpaired) electrons. The molecule has 304 valence electrons. The Kier molecular flexibility index (Phi) is 26.2. The SMILES string of the molecule is CCCCCCCCCCCCCCCC(=O)NC(CCc1ccccc1)C(=O)NC(CCC(=O)OCc1ccccc1)C(=O)OCc1ccccc1.O=C=O. The maximum atomic E-state index is 13.8. The molecule has 2 amide bonds. The molecule has 0 aromatic heterocycles. The van der Waals surface area contributed by atoms with Crippen LogP contribution in [0.25, 0.3) is 0 Å². The minimum atomic E-state index is -1.10. The molecule has 10 heteroatoms. The van der Waals surface area contributed by atoms with Crippen LogP contribution in [0.4, 0.5) is 0 Å². The highest BCUT2D eigenvalue weighted by Crippen LogP contribution is 2.14. The van der Waals surface area contributed by atoms with Crippen molar-refractivity contribution >= 4 is 29.9 Å². The molecule has 0 bridgehead atoms. The normalized spacial score (nSPS) is 11.5. The van der Waals surface area contributed by atoms with Gasteiger partial charge in [-0.3, -0.25) is 14.4 Å². The van der Waals surface area contributed by atoms with E-state index in [0.717, 1.165) is 36.0 Å². The predicted molar refractivity (Wildman–Crippen MR) is 216 cm³/mol. The van der Waals surface area contributed by atoms with Gasteiger partial charge in [0.25, 0.3) is 0 Å². The first-order valence-electron chi connectivity index (χ1n) is 20.4. The number of esters is 2. The average Bonchev–Trinajstić information content (AvgIpc) is 3.22. The Balaban J connectivity index is 0.00000349. The number of rotatable bonds is 28. The van der Waals surface area contributed by atoms with E-state index in [9.17, 15) is 19.2 Å². The first-order chi connectivity index (χ1) is 27.4. The summed E-state index contributed by atoms with van der Waals surface area (Å²) in [6.45, 7) is 2.39. The molecule has 0 spiro atoms. The first kappa shape index (κ1) is 47.1.